The van der Waals surface area contributed by atoms with Crippen LogP contribution in [0.3, 0.4) is 0 Å². The number of guanidine groups is 1. The summed E-state index contributed by atoms with van der Waals surface area (Å²) in [5.74, 6) is 0.432. The second-order valence-corrected chi connectivity index (χ2v) is 2.91. The molecule has 0 saturated heterocycles. The van der Waals surface area contributed by atoms with E-state index >= 15 is 0 Å². The predicted octanol–water partition coefficient (Wildman–Crippen LogP) is 0.594. The average molecular weight is 208 g/mol. The van der Waals surface area contributed by atoms with Gasteiger partial charge in [0.15, 0.2) is 0 Å². The van der Waals surface area contributed by atoms with E-state index in [-0.39, 0.29) is 5.96 Å². The van der Waals surface area contributed by atoms with Gasteiger partial charge in [-0.3, -0.25) is 0 Å². The third-order valence-corrected chi connectivity index (χ3v) is 1.84. The standard InChI is InChI=1S/C9H12N4S/c10-9(11)13-12-8(6-14)7-4-2-1-3-5-7/h1-5,14H,6H2,(H4,10,11,13)/b12-8+. The van der Waals surface area contributed by atoms with E-state index in [0.717, 1.165) is 11.3 Å². The average Bonchev–Trinajstić information content (AvgIpc) is 2.20. The molecule has 0 saturated carbocycles. The molecule has 0 aromatic heterocycles. The lowest BCUT2D eigenvalue weighted by atomic mass is 10.1. The van der Waals surface area contributed by atoms with Crippen LogP contribution in [0, 0.1) is 0 Å². The zero-order valence-electron chi connectivity index (χ0n) is 7.59. The Hall–Kier alpha value is -1.49. The van der Waals surface area contributed by atoms with Crippen molar-refractivity contribution in [3.63, 3.8) is 0 Å². The second kappa shape index (κ2) is 5.29. The quantitative estimate of drug-likeness (QED) is 0.294. The molecule has 0 aliphatic heterocycles. The monoisotopic (exact) mass is 208 g/mol. The number of benzene rings is 1. The molecule has 0 bridgehead atoms. The van der Waals surface area contributed by atoms with Crippen LogP contribution < -0.4 is 11.5 Å². The van der Waals surface area contributed by atoms with Crippen LogP contribution in [-0.2, 0) is 0 Å². The van der Waals surface area contributed by atoms with Crippen LogP contribution in [0.1, 0.15) is 5.56 Å². The fourth-order valence-corrected chi connectivity index (χ4v) is 1.18. The maximum Gasteiger partial charge on any atom is 0.211 e. The molecule has 4 N–H and O–H groups in total. The Labute approximate surface area is 88.1 Å². The zero-order chi connectivity index (χ0) is 10.4. The summed E-state index contributed by atoms with van der Waals surface area (Å²) in [6.07, 6.45) is 0. The summed E-state index contributed by atoms with van der Waals surface area (Å²) in [6.45, 7) is 0. The fraction of sp³-hybridized carbons (Fsp3) is 0.111. The van der Waals surface area contributed by atoms with E-state index in [1.807, 2.05) is 30.3 Å². The molecule has 0 unspecified atom stereocenters. The van der Waals surface area contributed by atoms with E-state index in [9.17, 15) is 0 Å². The summed E-state index contributed by atoms with van der Waals surface area (Å²) in [4.78, 5) is 0. The van der Waals surface area contributed by atoms with Crippen LogP contribution in [0.15, 0.2) is 40.5 Å². The molecule has 14 heavy (non-hydrogen) atoms. The van der Waals surface area contributed by atoms with Crippen LogP contribution in [0.25, 0.3) is 0 Å². The van der Waals surface area contributed by atoms with Gasteiger partial charge >= 0.3 is 0 Å². The summed E-state index contributed by atoms with van der Waals surface area (Å²) in [5.41, 5.74) is 12.0. The van der Waals surface area contributed by atoms with Gasteiger partial charge in [0.1, 0.15) is 0 Å². The van der Waals surface area contributed by atoms with Gasteiger partial charge in [0.2, 0.25) is 5.96 Å². The van der Waals surface area contributed by atoms with Gasteiger partial charge in [0.05, 0.1) is 5.71 Å². The molecule has 0 atom stereocenters. The van der Waals surface area contributed by atoms with Crippen LogP contribution in [0.2, 0.25) is 0 Å². The molecule has 0 aliphatic rings. The van der Waals surface area contributed by atoms with E-state index in [1.165, 1.54) is 0 Å². The highest BCUT2D eigenvalue weighted by molar-refractivity contribution is 7.81. The van der Waals surface area contributed by atoms with Gasteiger partial charge in [0, 0.05) is 5.75 Å². The summed E-state index contributed by atoms with van der Waals surface area (Å²) in [5, 5.41) is 7.47. The Morgan fingerprint density at radius 1 is 1.14 bits per heavy atom. The van der Waals surface area contributed by atoms with Crippen molar-refractivity contribution >= 4 is 24.3 Å². The molecule has 0 heterocycles. The van der Waals surface area contributed by atoms with Gasteiger partial charge < -0.3 is 11.5 Å². The van der Waals surface area contributed by atoms with E-state index < -0.39 is 0 Å². The first kappa shape index (κ1) is 10.6. The largest absolute Gasteiger partial charge is 0.369 e. The van der Waals surface area contributed by atoms with Crippen molar-refractivity contribution in [2.75, 3.05) is 5.75 Å². The van der Waals surface area contributed by atoms with Crippen LogP contribution in [-0.4, -0.2) is 17.4 Å². The SMILES string of the molecule is NC(N)=N/N=C(\CS)c1ccccc1. The van der Waals surface area contributed by atoms with E-state index in [2.05, 4.69) is 22.8 Å². The molecule has 0 fully saturated rings. The maximum atomic E-state index is 5.17. The van der Waals surface area contributed by atoms with Gasteiger partial charge in [-0.15, -0.1) is 5.10 Å². The maximum absolute atomic E-state index is 5.17. The molecular weight excluding hydrogens is 196 g/mol. The molecule has 74 valence electrons. The number of hydrogen-bond acceptors (Lipinski definition) is 3. The van der Waals surface area contributed by atoms with Crippen molar-refractivity contribution in [1.29, 1.82) is 0 Å². The molecule has 0 aliphatic carbocycles. The van der Waals surface area contributed by atoms with Crippen molar-refractivity contribution < 1.29 is 0 Å². The Kier molecular flexibility index (Phi) is 4.00. The number of hydrogen-bond donors (Lipinski definition) is 3. The number of nitrogens with two attached hydrogens (primary N) is 2. The first-order valence-corrected chi connectivity index (χ1v) is 4.69. The lowest BCUT2D eigenvalue weighted by Gasteiger charge is -2.00. The fourth-order valence-electron chi connectivity index (χ4n) is 0.929. The van der Waals surface area contributed by atoms with Crippen LogP contribution in [0.4, 0.5) is 0 Å². The molecule has 1 rings (SSSR count). The molecule has 5 heteroatoms. The lowest BCUT2D eigenvalue weighted by Crippen LogP contribution is -2.22. The molecule has 4 nitrogen and oxygen atoms in total. The molecule has 0 spiro atoms. The summed E-state index contributed by atoms with van der Waals surface area (Å²) >= 11 is 4.15. The second-order valence-electron chi connectivity index (χ2n) is 2.60. The zero-order valence-corrected chi connectivity index (χ0v) is 8.48. The predicted molar refractivity (Wildman–Crippen MR) is 62.6 cm³/mol. The smallest absolute Gasteiger partial charge is 0.211 e. The normalized spacial score (nSPS) is 11.1. The van der Waals surface area contributed by atoms with Crippen molar-refractivity contribution in [1.82, 2.24) is 0 Å². The van der Waals surface area contributed by atoms with Crippen molar-refractivity contribution in [3.05, 3.63) is 35.9 Å². The first-order chi connectivity index (χ1) is 6.74. The Bertz CT molecular complexity index is 341. The minimum atomic E-state index is -0.0554. The molecular formula is C9H12N4S. The highest BCUT2D eigenvalue weighted by Gasteiger charge is 1.99. The van der Waals surface area contributed by atoms with Crippen LogP contribution in [0.5, 0.6) is 0 Å². The molecule has 0 amide bonds. The van der Waals surface area contributed by atoms with Crippen molar-refractivity contribution in [3.8, 4) is 0 Å². The summed E-state index contributed by atoms with van der Waals surface area (Å²) in [6, 6.07) is 9.63. The molecule has 1 aromatic carbocycles. The Morgan fingerprint density at radius 2 is 1.79 bits per heavy atom. The van der Waals surface area contributed by atoms with E-state index in [1.54, 1.807) is 0 Å². The highest BCUT2D eigenvalue weighted by Crippen LogP contribution is 2.02. The van der Waals surface area contributed by atoms with Gasteiger partial charge in [-0.25, -0.2) is 0 Å². The topological polar surface area (TPSA) is 76.8 Å². The third-order valence-electron chi connectivity index (χ3n) is 1.54. The third kappa shape index (κ3) is 3.10. The summed E-state index contributed by atoms with van der Waals surface area (Å²) < 4.78 is 0. The van der Waals surface area contributed by atoms with Gasteiger partial charge in [-0.1, -0.05) is 30.3 Å². The van der Waals surface area contributed by atoms with Crippen molar-refractivity contribution in [2.45, 2.75) is 0 Å². The number of nitrogens with zero attached hydrogens (tertiary/aromatic N) is 2. The van der Waals surface area contributed by atoms with E-state index in [4.69, 9.17) is 11.5 Å². The Morgan fingerprint density at radius 3 is 2.29 bits per heavy atom. The first-order valence-electron chi connectivity index (χ1n) is 4.06. The highest BCUT2D eigenvalue weighted by atomic mass is 32.1. The van der Waals surface area contributed by atoms with Crippen LogP contribution >= 0.6 is 12.6 Å². The van der Waals surface area contributed by atoms with E-state index in [0.29, 0.717) is 5.75 Å². The van der Waals surface area contributed by atoms with Gasteiger partial charge in [-0.2, -0.15) is 17.7 Å². The number of thiol groups is 1. The Balaban J connectivity index is 2.93. The van der Waals surface area contributed by atoms with Gasteiger partial charge in [0.25, 0.3) is 0 Å². The van der Waals surface area contributed by atoms with Gasteiger partial charge in [-0.05, 0) is 5.56 Å². The molecule has 1 aromatic rings. The minimum Gasteiger partial charge on any atom is -0.369 e. The number of rotatable bonds is 3. The minimum absolute atomic E-state index is 0.0554. The molecule has 0 radical (unpaired) electrons. The summed E-state index contributed by atoms with van der Waals surface area (Å²) in [7, 11) is 0. The van der Waals surface area contributed by atoms with Crippen molar-refractivity contribution in [2.24, 2.45) is 21.7 Å². The lowest BCUT2D eigenvalue weighted by molar-refractivity contribution is 1.20.